The molecule has 2 aromatic rings. The summed E-state index contributed by atoms with van der Waals surface area (Å²) in [6, 6.07) is 9.29. The standard InChI is InChI=1S/C18H25N3O3S2/c1-13-15(25-17(21-13)18(2,3)4)16(22)19-10-11-26(23,24)20-12-14-8-6-5-7-9-14/h5-9,20H,10-12H2,1-4H3,(H,19,22). The molecule has 0 atom stereocenters. The Bertz CT molecular complexity index is 854. The number of benzene rings is 1. The summed E-state index contributed by atoms with van der Waals surface area (Å²) in [7, 11) is -3.46. The Morgan fingerprint density at radius 2 is 1.85 bits per heavy atom. The summed E-state index contributed by atoms with van der Waals surface area (Å²) in [4.78, 5) is 17.3. The third-order valence-electron chi connectivity index (χ3n) is 3.64. The van der Waals surface area contributed by atoms with E-state index in [0.29, 0.717) is 10.6 Å². The van der Waals surface area contributed by atoms with E-state index in [-0.39, 0.29) is 30.2 Å². The lowest BCUT2D eigenvalue weighted by Crippen LogP contribution is -2.34. The first-order valence-corrected chi connectivity index (χ1v) is 10.8. The number of thiazole rings is 1. The molecule has 26 heavy (non-hydrogen) atoms. The molecule has 1 amide bonds. The van der Waals surface area contributed by atoms with Crippen molar-refractivity contribution in [3.05, 3.63) is 51.5 Å². The Morgan fingerprint density at radius 3 is 2.42 bits per heavy atom. The van der Waals surface area contributed by atoms with E-state index in [1.54, 1.807) is 6.92 Å². The molecule has 0 saturated heterocycles. The average molecular weight is 396 g/mol. The minimum absolute atomic E-state index is 0.0468. The number of hydrogen-bond donors (Lipinski definition) is 2. The van der Waals surface area contributed by atoms with Crippen molar-refractivity contribution in [2.24, 2.45) is 0 Å². The Hall–Kier alpha value is -1.77. The number of nitrogens with one attached hydrogen (secondary N) is 2. The molecule has 1 aromatic heterocycles. The maximum atomic E-state index is 12.3. The zero-order valence-corrected chi connectivity index (χ0v) is 17.1. The number of nitrogens with zero attached hydrogens (tertiary/aromatic N) is 1. The second-order valence-electron chi connectivity index (χ2n) is 7.07. The van der Waals surface area contributed by atoms with Crippen LogP contribution in [0.2, 0.25) is 0 Å². The number of hydrogen-bond acceptors (Lipinski definition) is 5. The third kappa shape index (κ3) is 5.89. The van der Waals surface area contributed by atoms with Gasteiger partial charge in [-0.15, -0.1) is 11.3 Å². The number of rotatable bonds is 7. The monoisotopic (exact) mass is 395 g/mol. The summed E-state index contributed by atoms with van der Waals surface area (Å²) in [6.07, 6.45) is 0. The first-order chi connectivity index (χ1) is 12.1. The van der Waals surface area contributed by atoms with E-state index in [1.807, 2.05) is 51.1 Å². The molecule has 0 aliphatic heterocycles. The number of carbonyl (C=O) groups is 1. The highest BCUT2D eigenvalue weighted by Crippen LogP contribution is 2.29. The van der Waals surface area contributed by atoms with Crippen LogP contribution < -0.4 is 10.0 Å². The predicted octanol–water partition coefficient (Wildman–Crippen LogP) is 2.60. The number of sulfonamides is 1. The van der Waals surface area contributed by atoms with Crippen molar-refractivity contribution in [3.8, 4) is 0 Å². The number of aromatic nitrogens is 1. The van der Waals surface area contributed by atoms with E-state index in [0.717, 1.165) is 10.6 Å². The van der Waals surface area contributed by atoms with E-state index < -0.39 is 10.0 Å². The van der Waals surface area contributed by atoms with Crippen molar-refractivity contribution >= 4 is 27.3 Å². The highest BCUT2D eigenvalue weighted by molar-refractivity contribution is 7.89. The first-order valence-electron chi connectivity index (χ1n) is 8.36. The minimum Gasteiger partial charge on any atom is -0.350 e. The number of aryl methyl sites for hydroxylation is 1. The smallest absolute Gasteiger partial charge is 0.263 e. The molecule has 8 heteroatoms. The molecule has 0 fully saturated rings. The van der Waals surface area contributed by atoms with E-state index >= 15 is 0 Å². The Morgan fingerprint density at radius 1 is 1.19 bits per heavy atom. The fourth-order valence-corrected chi connectivity index (χ4v) is 4.11. The summed E-state index contributed by atoms with van der Waals surface area (Å²) in [5.41, 5.74) is 1.43. The average Bonchev–Trinajstić information content (AvgIpc) is 2.96. The molecule has 0 saturated carbocycles. The van der Waals surface area contributed by atoms with E-state index in [2.05, 4.69) is 15.0 Å². The van der Waals surface area contributed by atoms with Gasteiger partial charge in [0.25, 0.3) is 5.91 Å². The lowest BCUT2D eigenvalue weighted by molar-refractivity contribution is 0.0959. The van der Waals surface area contributed by atoms with Crippen LogP contribution in [0.3, 0.4) is 0 Å². The van der Waals surface area contributed by atoms with Crippen molar-refractivity contribution in [2.75, 3.05) is 12.3 Å². The highest BCUT2D eigenvalue weighted by atomic mass is 32.2. The quantitative estimate of drug-likeness (QED) is 0.754. The van der Waals surface area contributed by atoms with Crippen LogP contribution >= 0.6 is 11.3 Å². The molecule has 0 radical (unpaired) electrons. The zero-order chi connectivity index (χ0) is 19.4. The number of carbonyl (C=O) groups excluding carboxylic acids is 1. The summed E-state index contributed by atoms with van der Waals surface area (Å²) in [6.45, 7) is 8.19. The SMILES string of the molecule is Cc1nc(C(C)(C)C)sc1C(=O)NCCS(=O)(=O)NCc1ccccc1. The lowest BCUT2D eigenvalue weighted by atomic mass is 9.98. The van der Waals surface area contributed by atoms with Gasteiger partial charge in [0, 0.05) is 18.5 Å². The molecule has 1 aromatic carbocycles. The van der Waals surface area contributed by atoms with Crippen LogP contribution in [0.4, 0.5) is 0 Å². The van der Waals surface area contributed by atoms with Gasteiger partial charge in [-0.3, -0.25) is 4.79 Å². The molecule has 1 heterocycles. The predicted molar refractivity (Wildman–Crippen MR) is 105 cm³/mol. The molecular formula is C18H25N3O3S2. The second kappa shape index (κ2) is 8.28. The molecule has 2 N–H and O–H groups in total. The normalized spacial score (nSPS) is 12.2. The Labute approximate surface area is 159 Å². The Balaban J connectivity index is 1.86. The Kier molecular flexibility index (Phi) is 6.54. The van der Waals surface area contributed by atoms with Crippen molar-refractivity contribution in [1.82, 2.24) is 15.0 Å². The minimum atomic E-state index is -3.46. The molecule has 0 bridgehead atoms. The first kappa shape index (κ1) is 20.5. The summed E-state index contributed by atoms with van der Waals surface area (Å²) in [5, 5.41) is 3.56. The molecule has 6 nitrogen and oxygen atoms in total. The number of amides is 1. The maximum absolute atomic E-state index is 12.3. The van der Waals surface area contributed by atoms with Crippen molar-refractivity contribution in [3.63, 3.8) is 0 Å². The van der Waals surface area contributed by atoms with Gasteiger partial charge in [-0.1, -0.05) is 51.1 Å². The van der Waals surface area contributed by atoms with Gasteiger partial charge in [-0.25, -0.2) is 18.1 Å². The van der Waals surface area contributed by atoms with Gasteiger partial charge in [0.05, 0.1) is 16.5 Å². The fraction of sp³-hybridized carbons (Fsp3) is 0.444. The van der Waals surface area contributed by atoms with Gasteiger partial charge in [-0.2, -0.15) is 0 Å². The third-order valence-corrected chi connectivity index (χ3v) is 6.55. The van der Waals surface area contributed by atoms with Gasteiger partial charge in [0.15, 0.2) is 0 Å². The van der Waals surface area contributed by atoms with Gasteiger partial charge in [0.1, 0.15) is 4.88 Å². The zero-order valence-electron chi connectivity index (χ0n) is 15.5. The van der Waals surface area contributed by atoms with Crippen LogP contribution in [0.25, 0.3) is 0 Å². The van der Waals surface area contributed by atoms with Crippen LogP contribution in [0.15, 0.2) is 30.3 Å². The van der Waals surface area contributed by atoms with Crippen LogP contribution in [-0.2, 0) is 22.0 Å². The fourth-order valence-electron chi connectivity index (χ4n) is 2.17. The summed E-state index contributed by atoms with van der Waals surface area (Å²) >= 11 is 1.35. The van der Waals surface area contributed by atoms with E-state index in [1.165, 1.54) is 11.3 Å². The van der Waals surface area contributed by atoms with Crippen molar-refractivity contribution in [2.45, 2.75) is 39.7 Å². The topological polar surface area (TPSA) is 88.2 Å². The molecule has 0 unspecified atom stereocenters. The molecular weight excluding hydrogens is 370 g/mol. The van der Waals surface area contributed by atoms with Crippen LogP contribution in [0.5, 0.6) is 0 Å². The van der Waals surface area contributed by atoms with Gasteiger partial charge in [-0.05, 0) is 12.5 Å². The van der Waals surface area contributed by atoms with Gasteiger partial charge < -0.3 is 5.32 Å². The molecule has 0 aliphatic carbocycles. The van der Waals surface area contributed by atoms with Crippen LogP contribution in [-0.4, -0.2) is 31.6 Å². The van der Waals surface area contributed by atoms with E-state index in [9.17, 15) is 13.2 Å². The largest absolute Gasteiger partial charge is 0.350 e. The van der Waals surface area contributed by atoms with Crippen molar-refractivity contribution in [1.29, 1.82) is 0 Å². The molecule has 142 valence electrons. The molecule has 0 aliphatic rings. The summed E-state index contributed by atoms with van der Waals surface area (Å²) in [5.74, 6) is -0.455. The maximum Gasteiger partial charge on any atom is 0.263 e. The molecule has 0 spiro atoms. The lowest BCUT2D eigenvalue weighted by Gasteiger charge is -2.13. The van der Waals surface area contributed by atoms with Gasteiger partial charge in [0.2, 0.25) is 10.0 Å². The van der Waals surface area contributed by atoms with E-state index in [4.69, 9.17) is 0 Å². The highest BCUT2D eigenvalue weighted by Gasteiger charge is 2.23. The second-order valence-corrected chi connectivity index (χ2v) is 9.99. The van der Waals surface area contributed by atoms with Crippen LogP contribution in [0, 0.1) is 6.92 Å². The van der Waals surface area contributed by atoms with Crippen LogP contribution in [0.1, 0.15) is 46.7 Å². The van der Waals surface area contributed by atoms with Crippen molar-refractivity contribution < 1.29 is 13.2 Å². The molecule has 2 rings (SSSR count). The summed E-state index contributed by atoms with van der Waals surface area (Å²) < 4.78 is 26.6. The van der Waals surface area contributed by atoms with Gasteiger partial charge >= 0.3 is 0 Å².